The zero-order valence-electron chi connectivity index (χ0n) is 11.9. The molecule has 1 aliphatic rings. The van der Waals surface area contributed by atoms with Crippen molar-refractivity contribution < 1.29 is 9.53 Å². The van der Waals surface area contributed by atoms with Crippen LogP contribution in [0, 0.1) is 6.92 Å². The van der Waals surface area contributed by atoms with Gasteiger partial charge in [-0.15, -0.1) is 0 Å². The zero-order valence-corrected chi connectivity index (χ0v) is 11.9. The van der Waals surface area contributed by atoms with E-state index in [4.69, 9.17) is 4.74 Å². The highest BCUT2D eigenvalue weighted by atomic mass is 16.5. The van der Waals surface area contributed by atoms with Crippen LogP contribution in [-0.2, 0) is 11.2 Å². The normalized spacial score (nSPS) is 19.3. The van der Waals surface area contributed by atoms with Crippen LogP contribution in [0.4, 0.5) is 0 Å². The molecule has 1 fully saturated rings. The standard InChI is InChI=1S/C15H22N2O2/c1-11-4-5-13(8-14(11)19-3)9-15(18)17-7-6-16-10-12(17)2/h4-5,8,12,16H,6-7,9-10H2,1-3H3/t12-/m1/s1. The second kappa shape index (κ2) is 6.06. The van der Waals surface area contributed by atoms with Crippen molar-refractivity contribution in [2.75, 3.05) is 26.7 Å². The molecule has 1 atom stereocenters. The van der Waals surface area contributed by atoms with E-state index in [1.54, 1.807) is 7.11 Å². The van der Waals surface area contributed by atoms with Crippen LogP contribution in [0.3, 0.4) is 0 Å². The van der Waals surface area contributed by atoms with Crippen molar-refractivity contribution in [3.05, 3.63) is 29.3 Å². The molecule has 1 saturated heterocycles. The van der Waals surface area contributed by atoms with E-state index >= 15 is 0 Å². The third-order valence-electron chi connectivity index (χ3n) is 3.65. The van der Waals surface area contributed by atoms with Crippen molar-refractivity contribution in [2.45, 2.75) is 26.3 Å². The Kier molecular flexibility index (Phi) is 4.43. The fraction of sp³-hybridized carbons (Fsp3) is 0.533. The van der Waals surface area contributed by atoms with Gasteiger partial charge in [0.05, 0.1) is 13.5 Å². The maximum absolute atomic E-state index is 12.3. The minimum atomic E-state index is 0.194. The van der Waals surface area contributed by atoms with Gasteiger partial charge >= 0.3 is 0 Å². The van der Waals surface area contributed by atoms with Crippen molar-refractivity contribution in [1.82, 2.24) is 10.2 Å². The fourth-order valence-electron chi connectivity index (χ4n) is 2.46. The van der Waals surface area contributed by atoms with Crippen LogP contribution in [-0.4, -0.2) is 43.6 Å². The molecule has 1 amide bonds. The van der Waals surface area contributed by atoms with Crippen molar-refractivity contribution in [3.8, 4) is 5.75 Å². The maximum Gasteiger partial charge on any atom is 0.227 e. The van der Waals surface area contributed by atoms with Gasteiger partial charge in [-0.1, -0.05) is 12.1 Å². The number of rotatable bonds is 3. The first-order valence-corrected chi connectivity index (χ1v) is 6.75. The number of carbonyl (C=O) groups excluding carboxylic acids is 1. The van der Waals surface area contributed by atoms with Crippen LogP contribution >= 0.6 is 0 Å². The number of benzene rings is 1. The molecule has 2 rings (SSSR count). The van der Waals surface area contributed by atoms with E-state index in [9.17, 15) is 4.79 Å². The number of carbonyl (C=O) groups is 1. The molecule has 0 spiro atoms. The van der Waals surface area contributed by atoms with Gasteiger partial charge in [0.15, 0.2) is 0 Å². The second-order valence-corrected chi connectivity index (χ2v) is 5.12. The highest BCUT2D eigenvalue weighted by Crippen LogP contribution is 2.20. The number of nitrogens with zero attached hydrogens (tertiary/aromatic N) is 1. The average Bonchev–Trinajstić information content (AvgIpc) is 2.41. The first kappa shape index (κ1) is 13.9. The Morgan fingerprint density at radius 1 is 1.53 bits per heavy atom. The van der Waals surface area contributed by atoms with E-state index in [2.05, 4.69) is 12.2 Å². The smallest absolute Gasteiger partial charge is 0.227 e. The molecule has 0 aromatic heterocycles. The Balaban J connectivity index is 2.05. The Morgan fingerprint density at radius 2 is 2.32 bits per heavy atom. The predicted octanol–water partition coefficient (Wildman–Crippen LogP) is 1.37. The summed E-state index contributed by atoms with van der Waals surface area (Å²) in [6.45, 7) is 6.64. The van der Waals surface area contributed by atoms with E-state index in [1.807, 2.05) is 30.0 Å². The van der Waals surface area contributed by atoms with E-state index in [-0.39, 0.29) is 11.9 Å². The van der Waals surface area contributed by atoms with Crippen molar-refractivity contribution >= 4 is 5.91 Å². The van der Waals surface area contributed by atoms with Crippen LogP contribution < -0.4 is 10.1 Å². The Hall–Kier alpha value is -1.55. The van der Waals surface area contributed by atoms with E-state index in [0.717, 1.165) is 36.5 Å². The zero-order chi connectivity index (χ0) is 13.8. The molecule has 1 aliphatic heterocycles. The SMILES string of the molecule is COc1cc(CC(=O)N2CCNC[C@H]2C)ccc1C. The number of hydrogen-bond acceptors (Lipinski definition) is 3. The molecule has 4 nitrogen and oxygen atoms in total. The quantitative estimate of drug-likeness (QED) is 0.894. The van der Waals surface area contributed by atoms with E-state index in [0.29, 0.717) is 6.42 Å². The van der Waals surface area contributed by atoms with Gasteiger partial charge in [-0.25, -0.2) is 0 Å². The molecular weight excluding hydrogens is 240 g/mol. The molecule has 4 heteroatoms. The number of hydrogen-bond donors (Lipinski definition) is 1. The molecule has 1 heterocycles. The highest BCUT2D eigenvalue weighted by molar-refractivity contribution is 5.79. The minimum Gasteiger partial charge on any atom is -0.496 e. The molecule has 1 aromatic rings. The lowest BCUT2D eigenvalue weighted by molar-refractivity contribution is -0.133. The third kappa shape index (κ3) is 3.26. The maximum atomic E-state index is 12.3. The lowest BCUT2D eigenvalue weighted by Gasteiger charge is -2.34. The minimum absolute atomic E-state index is 0.194. The Morgan fingerprint density at radius 3 is 3.00 bits per heavy atom. The molecular formula is C15H22N2O2. The third-order valence-corrected chi connectivity index (χ3v) is 3.65. The lowest BCUT2D eigenvalue weighted by Crippen LogP contribution is -2.52. The van der Waals surface area contributed by atoms with Gasteiger partial charge in [0.25, 0.3) is 0 Å². The predicted molar refractivity (Wildman–Crippen MR) is 75.5 cm³/mol. The highest BCUT2D eigenvalue weighted by Gasteiger charge is 2.22. The van der Waals surface area contributed by atoms with Gasteiger partial charge in [0, 0.05) is 25.7 Å². The van der Waals surface area contributed by atoms with Crippen LogP contribution in [0.25, 0.3) is 0 Å². The number of aryl methyl sites for hydroxylation is 1. The summed E-state index contributed by atoms with van der Waals surface area (Å²) in [4.78, 5) is 14.3. The number of piperazine rings is 1. The molecule has 1 N–H and O–H groups in total. The lowest BCUT2D eigenvalue weighted by atomic mass is 10.1. The summed E-state index contributed by atoms with van der Waals surface area (Å²) in [6.07, 6.45) is 0.445. The van der Waals surface area contributed by atoms with Gasteiger partial charge in [-0.05, 0) is 31.0 Å². The summed E-state index contributed by atoms with van der Waals surface area (Å²) in [5, 5.41) is 3.30. The molecule has 0 unspecified atom stereocenters. The molecule has 1 aromatic carbocycles. The fourth-order valence-corrected chi connectivity index (χ4v) is 2.46. The molecule has 0 radical (unpaired) electrons. The topological polar surface area (TPSA) is 41.6 Å². The monoisotopic (exact) mass is 262 g/mol. The summed E-state index contributed by atoms with van der Waals surface area (Å²) in [5.74, 6) is 1.04. The van der Waals surface area contributed by atoms with Gasteiger partial charge in [-0.3, -0.25) is 4.79 Å². The first-order valence-electron chi connectivity index (χ1n) is 6.75. The summed E-state index contributed by atoms with van der Waals surface area (Å²) in [7, 11) is 1.66. The second-order valence-electron chi connectivity index (χ2n) is 5.12. The molecule has 104 valence electrons. The molecule has 0 bridgehead atoms. The average molecular weight is 262 g/mol. The summed E-state index contributed by atoms with van der Waals surface area (Å²) in [5.41, 5.74) is 2.10. The molecule has 19 heavy (non-hydrogen) atoms. The number of ether oxygens (including phenoxy) is 1. The Labute approximate surface area is 114 Å². The van der Waals surface area contributed by atoms with E-state index < -0.39 is 0 Å². The summed E-state index contributed by atoms with van der Waals surface area (Å²) < 4.78 is 5.30. The van der Waals surface area contributed by atoms with Crippen molar-refractivity contribution in [1.29, 1.82) is 0 Å². The number of nitrogens with one attached hydrogen (secondary N) is 1. The van der Waals surface area contributed by atoms with Crippen LogP contribution in [0.15, 0.2) is 18.2 Å². The van der Waals surface area contributed by atoms with Gasteiger partial charge in [-0.2, -0.15) is 0 Å². The number of amides is 1. The summed E-state index contributed by atoms with van der Waals surface area (Å²) >= 11 is 0. The van der Waals surface area contributed by atoms with Crippen molar-refractivity contribution in [2.24, 2.45) is 0 Å². The van der Waals surface area contributed by atoms with Gasteiger partial charge < -0.3 is 15.0 Å². The van der Waals surface area contributed by atoms with Crippen LogP contribution in [0.1, 0.15) is 18.1 Å². The van der Waals surface area contributed by atoms with E-state index in [1.165, 1.54) is 0 Å². The molecule has 0 saturated carbocycles. The van der Waals surface area contributed by atoms with Crippen LogP contribution in [0.2, 0.25) is 0 Å². The van der Waals surface area contributed by atoms with Gasteiger partial charge in [0.2, 0.25) is 5.91 Å². The summed E-state index contributed by atoms with van der Waals surface area (Å²) in [6, 6.07) is 6.24. The Bertz CT molecular complexity index is 459. The van der Waals surface area contributed by atoms with Crippen molar-refractivity contribution in [3.63, 3.8) is 0 Å². The first-order chi connectivity index (χ1) is 9.11. The largest absolute Gasteiger partial charge is 0.496 e. The van der Waals surface area contributed by atoms with Crippen LogP contribution in [0.5, 0.6) is 5.75 Å². The number of methoxy groups -OCH3 is 1. The van der Waals surface area contributed by atoms with Gasteiger partial charge in [0.1, 0.15) is 5.75 Å². The molecule has 0 aliphatic carbocycles.